The van der Waals surface area contributed by atoms with Gasteiger partial charge in [-0.1, -0.05) is 6.07 Å². The Morgan fingerprint density at radius 2 is 2.08 bits per heavy atom. The van der Waals surface area contributed by atoms with Crippen molar-refractivity contribution in [3.8, 4) is 5.75 Å². The second-order valence-electron chi connectivity index (χ2n) is 6.70. The van der Waals surface area contributed by atoms with Crippen molar-refractivity contribution >= 4 is 5.97 Å². The average Bonchev–Trinajstić information content (AvgIpc) is 3.04. The van der Waals surface area contributed by atoms with Crippen molar-refractivity contribution in [1.29, 1.82) is 0 Å². The average molecular weight is 334 g/mol. The molecule has 0 bridgehead atoms. The number of hydrogen-bond donors (Lipinski definition) is 1. The SMILES string of the molecule is COc1cc([C@@H](C)N[C@H]2CC[C@@H](C3=CN=C(F)CC3)C2)ccc1F. The number of aliphatic imine (C=N–C) groups is 1. The van der Waals surface area contributed by atoms with E-state index in [0.717, 1.165) is 31.2 Å². The van der Waals surface area contributed by atoms with Crippen molar-refractivity contribution < 1.29 is 13.5 Å². The van der Waals surface area contributed by atoms with Crippen LogP contribution in [0.2, 0.25) is 0 Å². The molecule has 1 saturated carbocycles. The highest BCUT2D eigenvalue weighted by atomic mass is 19.1. The Kier molecular flexibility index (Phi) is 5.29. The van der Waals surface area contributed by atoms with Gasteiger partial charge in [0.25, 0.3) is 0 Å². The van der Waals surface area contributed by atoms with E-state index >= 15 is 0 Å². The monoisotopic (exact) mass is 334 g/mol. The van der Waals surface area contributed by atoms with E-state index in [1.807, 2.05) is 0 Å². The Balaban J connectivity index is 1.59. The molecule has 1 aliphatic carbocycles. The van der Waals surface area contributed by atoms with Crippen LogP contribution in [0.4, 0.5) is 8.78 Å². The molecule has 1 aromatic carbocycles. The lowest BCUT2D eigenvalue weighted by Crippen LogP contribution is -2.29. The molecule has 1 aliphatic heterocycles. The Bertz CT molecular complexity index is 657. The molecular weight excluding hydrogens is 310 g/mol. The zero-order valence-electron chi connectivity index (χ0n) is 14.2. The molecule has 0 saturated heterocycles. The van der Waals surface area contributed by atoms with E-state index in [1.54, 1.807) is 18.3 Å². The van der Waals surface area contributed by atoms with Crippen LogP contribution in [0.15, 0.2) is 35.0 Å². The number of methoxy groups -OCH3 is 1. The van der Waals surface area contributed by atoms with Crippen LogP contribution in [-0.4, -0.2) is 19.1 Å². The standard InChI is InChI=1S/C19H24F2N2O/c1-12(13-4-7-17(20)18(10-13)24-2)23-16-6-3-14(9-16)15-5-8-19(21)22-11-15/h4,7,10-12,14,16,23H,3,5-6,8-9H2,1-2H3/t12-,14-,16+/m1/s1. The van der Waals surface area contributed by atoms with Crippen molar-refractivity contribution in [2.75, 3.05) is 7.11 Å². The van der Waals surface area contributed by atoms with E-state index in [9.17, 15) is 8.78 Å². The van der Waals surface area contributed by atoms with Crippen LogP contribution in [0.5, 0.6) is 5.75 Å². The molecule has 130 valence electrons. The minimum atomic E-state index is -0.341. The number of hydrogen-bond acceptors (Lipinski definition) is 3. The summed E-state index contributed by atoms with van der Waals surface area (Å²) in [5.74, 6) is 0.170. The summed E-state index contributed by atoms with van der Waals surface area (Å²) in [4.78, 5) is 3.83. The normalized spacial score (nSPS) is 25.2. The summed E-state index contributed by atoms with van der Waals surface area (Å²) < 4.78 is 31.6. The van der Waals surface area contributed by atoms with Gasteiger partial charge in [-0.25, -0.2) is 9.38 Å². The molecule has 1 N–H and O–H groups in total. The minimum absolute atomic E-state index is 0.124. The van der Waals surface area contributed by atoms with Gasteiger partial charge >= 0.3 is 0 Å². The molecule has 0 amide bonds. The summed E-state index contributed by atoms with van der Waals surface area (Å²) in [6.07, 6.45) is 6.20. The molecule has 1 aromatic rings. The Hall–Kier alpha value is -1.75. The quantitative estimate of drug-likeness (QED) is 0.847. The number of rotatable bonds is 5. The molecule has 5 heteroatoms. The Labute approximate surface area is 141 Å². The fraction of sp³-hybridized carbons (Fsp3) is 0.526. The zero-order chi connectivity index (χ0) is 17.1. The first-order chi connectivity index (χ1) is 11.6. The third-order valence-corrected chi connectivity index (χ3v) is 5.11. The molecule has 0 spiro atoms. The fourth-order valence-electron chi connectivity index (χ4n) is 3.70. The van der Waals surface area contributed by atoms with Gasteiger partial charge in [0, 0.05) is 24.7 Å². The topological polar surface area (TPSA) is 33.6 Å². The number of ether oxygens (including phenoxy) is 1. The predicted molar refractivity (Wildman–Crippen MR) is 91.5 cm³/mol. The summed E-state index contributed by atoms with van der Waals surface area (Å²) in [5, 5.41) is 3.63. The summed E-state index contributed by atoms with van der Waals surface area (Å²) in [6, 6.07) is 5.53. The number of nitrogens with zero attached hydrogens (tertiary/aromatic N) is 1. The Morgan fingerprint density at radius 1 is 1.25 bits per heavy atom. The highest BCUT2D eigenvalue weighted by molar-refractivity contribution is 5.76. The van der Waals surface area contributed by atoms with Gasteiger partial charge in [-0.05, 0) is 61.8 Å². The molecule has 1 fully saturated rings. The first kappa shape index (κ1) is 17.1. The van der Waals surface area contributed by atoms with Gasteiger partial charge in [-0.3, -0.25) is 0 Å². The lowest BCUT2D eigenvalue weighted by molar-refractivity contribution is 0.383. The second kappa shape index (κ2) is 7.43. The van der Waals surface area contributed by atoms with Gasteiger partial charge in [0.1, 0.15) is 0 Å². The van der Waals surface area contributed by atoms with Gasteiger partial charge in [-0.15, -0.1) is 0 Å². The molecule has 3 nitrogen and oxygen atoms in total. The van der Waals surface area contributed by atoms with Crippen LogP contribution < -0.4 is 10.1 Å². The maximum Gasteiger partial charge on any atom is 0.189 e. The zero-order valence-corrected chi connectivity index (χ0v) is 14.2. The maximum absolute atomic E-state index is 13.5. The minimum Gasteiger partial charge on any atom is -0.494 e. The van der Waals surface area contributed by atoms with E-state index in [0.29, 0.717) is 18.4 Å². The summed E-state index contributed by atoms with van der Waals surface area (Å²) in [6.45, 7) is 2.08. The molecule has 0 unspecified atom stereocenters. The number of benzene rings is 1. The van der Waals surface area contributed by atoms with Gasteiger partial charge < -0.3 is 10.1 Å². The molecule has 0 radical (unpaired) electrons. The predicted octanol–water partition coefficient (Wildman–Crippen LogP) is 4.70. The first-order valence-electron chi connectivity index (χ1n) is 8.57. The molecule has 1 heterocycles. The third-order valence-electron chi connectivity index (χ3n) is 5.11. The summed E-state index contributed by atoms with van der Waals surface area (Å²) >= 11 is 0. The smallest absolute Gasteiger partial charge is 0.189 e. The second-order valence-corrected chi connectivity index (χ2v) is 6.70. The first-order valence-corrected chi connectivity index (χ1v) is 8.57. The highest BCUT2D eigenvalue weighted by Gasteiger charge is 2.29. The van der Waals surface area contributed by atoms with E-state index in [2.05, 4.69) is 17.2 Å². The van der Waals surface area contributed by atoms with Crippen LogP contribution in [0.25, 0.3) is 0 Å². The van der Waals surface area contributed by atoms with Crippen LogP contribution in [-0.2, 0) is 0 Å². The van der Waals surface area contributed by atoms with Crippen LogP contribution >= 0.6 is 0 Å². The van der Waals surface area contributed by atoms with Crippen LogP contribution in [0.3, 0.4) is 0 Å². The largest absolute Gasteiger partial charge is 0.494 e. The molecule has 3 atom stereocenters. The van der Waals surface area contributed by atoms with Crippen LogP contribution in [0.1, 0.15) is 50.6 Å². The van der Waals surface area contributed by atoms with Crippen molar-refractivity contribution in [1.82, 2.24) is 5.32 Å². The summed E-state index contributed by atoms with van der Waals surface area (Å²) in [5.41, 5.74) is 2.29. The number of halogens is 2. The number of allylic oxidation sites excluding steroid dienone is 1. The van der Waals surface area contributed by atoms with Gasteiger partial charge in [0.2, 0.25) is 0 Å². The van der Waals surface area contributed by atoms with Crippen molar-refractivity contribution in [2.45, 2.75) is 51.1 Å². The molecule has 24 heavy (non-hydrogen) atoms. The number of nitrogens with one attached hydrogen (secondary N) is 1. The van der Waals surface area contributed by atoms with E-state index in [1.165, 1.54) is 18.7 Å². The maximum atomic E-state index is 13.5. The van der Waals surface area contributed by atoms with Crippen LogP contribution in [0, 0.1) is 11.7 Å². The third kappa shape index (κ3) is 3.83. The van der Waals surface area contributed by atoms with E-state index in [-0.39, 0.29) is 23.6 Å². The molecule has 0 aromatic heterocycles. The van der Waals surface area contributed by atoms with Gasteiger partial charge in [0.05, 0.1) is 7.11 Å². The lowest BCUT2D eigenvalue weighted by Gasteiger charge is -2.21. The highest BCUT2D eigenvalue weighted by Crippen LogP contribution is 2.36. The molecule has 2 aliphatic rings. The molecule has 3 rings (SSSR count). The lowest BCUT2D eigenvalue weighted by atomic mass is 9.93. The van der Waals surface area contributed by atoms with E-state index < -0.39 is 0 Å². The molecular formula is C19H24F2N2O. The fourth-order valence-corrected chi connectivity index (χ4v) is 3.70. The van der Waals surface area contributed by atoms with Crippen molar-refractivity contribution in [3.63, 3.8) is 0 Å². The van der Waals surface area contributed by atoms with Crippen molar-refractivity contribution in [2.24, 2.45) is 10.9 Å². The van der Waals surface area contributed by atoms with Gasteiger partial charge in [0.15, 0.2) is 17.5 Å². The summed E-state index contributed by atoms with van der Waals surface area (Å²) in [7, 11) is 1.48. The van der Waals surface area contributed by atoms with Crippen molar-refractivity contribution in [3.05, 3.63) is 41.4 Å². The Morgan fingerprint density at radius 3 is 2.79 bits per heavy atom. The van der Waals surface area contributed by atoms with E-state index in [4.69, 9.17) is 4.74 Å². The van der Waals surface area contributed by atoms with Gasteiger partial charge in [-0.2, -0.15) is 4.39 Å².